The zero-order valence-corrected chi connectivity index (χ0v) is 13.8. The largest absolute Gasteiger partial charge is 0.549 e. The summed E-state index contributed by atoms with van der Waals surface area (Å²) in [5.41, 5.74) is 2.07. The molecule has 2 aromatic heterocycles. The van der Waals surface area contributed by atoms with Gasteiger partial charge in [-0.2, -0.15) is 0 Å². The van der Waals surface area contributed by atoms with Crippen LogP contribution in [0.15, 0.2) is 45.5 Å². The maximum absolute atomic E-state index is 10.7. The van der Waals surface area contributed by atoms with Crippen molar-refractivity contribution in [1.82, 2.24) is 9.97 Å². The predicted molar refractivity (Wildman–Crippen MR) is 86.3 cm³/mol. The van der Waals surface area contributed by atoms with Crippen LogP contribution in [0.25, 0.3) is 21.3 Å². The second-order valence-electron chi connectivity index (χ2n) is 4.18. The summed E-state index contributed by atoms with van der Waals surface area (Å²) < 4.78 is 1.01. The molecule has 3 rings (SSSR count). The monoisotopic (exact) mass is 379 g/mol. The molecule has 0 aliphatic rings. The van der Waals surface area contributed by atoms with Crippen LogP contribution < -0.4 is 5.11 Å². The van der Waals surface area contributed by atoms with E-state index in [-0.39, 0.29) is 5.75 Å². The Morgan fingerprint density at radius 3 is 2.76 bits per heavy atom. The number of carbonyl (C=O) groups is 1. The molecule has 21 heavy (non-hydrogen) atoms. The van der Waals surface area contributed by atoms with Gasteiger partial charge in [0.05, 0.1) is 11.4 Å². The van der Waals surface area contributed by atoms with Gasteiger partial charge >= 0.3 is 0 Å². The smallest absolute Gasteiger partial charge is 0.128 e. The van der Waals surface area contributed by atoms with E-state index in [1.54, 1.807) is 0 Å². The number of halogens is 1. The molecule has 0 atom stereocenters. The Balaban J connectivity index is 2.10. The summed E-state index contributed by atoms with van der Waals surface area (Å²) in [6.07, 6.45) is 1.46. The van der Waals surface area contributed by atoms with Crippen molar-refractivity contribution in [1.29, 1.82) is 0 Å². The molecule has 0 saturated heterocycles. The number of carboxylic acids is 1. The summed E-state index contributed by atoms with van der Waals surface area (Å²) in [7, 11) is 0. The molecular formula is C14H8BrN2O2S2-. The molecule has 0 saturated carbocycles. The number of fused-ring (bicyclic) bond motifs is 1. The van der Waals surface area contributed by atoms with Crippen molar-refractivity contribution in [3.05, 3.63) is 40.4 Å². The number of rotatable bonds is 4. The number of aromatic nitrogens is 2. The molecule has 0 unspecified atom stereocenters. The number of thioether (sulfide) groups is 1. The van der Waals surface area contributed by atoms with Crippen molar-refractivity contribution >= 4 is 55.2 Å². The first-order valence-electron chi connectivity index (χ1n) is 5.96. The van der Waals surface area contributed by atoms with E-state index in [0.29, 0.717) is 5.03 Å². The highest BCUT2D eigenvalue weighted by molar-refractivity contribution is 9.10. The van der Waals surface area contributed by atoms with E-state index in [4.69, 9.17) is 0 Å². The zero-order chi connectivity index (χ0) is 14.8. The number of carboxylic acid groups (broad SMARTS) is 1. The summed E-state index contributed by atoms with van der Waals surface area (Å²) >= 11 is 6.10. The van der Waals surface area contributed by atoms with Gasteiger partial charge in [-0.15, -0.1) is 11.3 Å². The highest BCUT2D eigenvalue weighted by Gasteiger charge is 2.13. The lowest BCUT2D eigenvalue weighted by atomic mass is 10.1. The molecule has 0 N–H and O–H groups in total. The van der Waals surface area contributed by atoms with E-state index in [1.165, 1.54) is 17.7 Å². The van der Waals surface area contributed by atoms with Gasteiger partial charge < -0.3 is 9.90 Å². The molecule has 7 heteroatoms. The summed E-state index contributed by atoms with van der Waals surface area (Å²) in [4.78, 5) is 20.0. The van der Waals surface area contributed by atoms with Crippen molar-refractivity contribution in [2.75, 3.05) is 5.75 Å². The van der Waals surface area contributed by atoms with Gasteiger partial charge in [0.15, 0.2) is 0 Å². The van der Waals surface area contributed by atoms with Gasteiger partial charge in [0.25, 0.3) is 0 Å². The fraction of sp³-hybridized carbons (Fsp3) is 0.0714. The van der Waals surface area contributed by atoms with E-state index in [0.717, 1.165) is 37.6 Å². The second-order valence-corrected chi connectivity index (χ2v) is 6.91. The molecule has 0 aliphatic heterocycles. The van der Waals surface area contributed by atoms with Crippen molar-refractivity contribution in [3.8, 4) is 11.1 Å². The van der Waals surface area contributed by atoms with Crippen LogP contribution in [0.5, 0.6) is 0 Å². The Labute approximate surface area is 137 Å². The number of aliphatic carboxylic acids is 1. The molecule has 0 amide bonds. The van der Waals surface area contributed by atoms with Crippen LogP contribution in [0.3, 0.4) is 0 Å². The standard InChI is InChI=1S/C14H9BrN2O2S2/c15-9-3-1-8(2-4-9)10-5-20-13-12(10)14(17-7-16-13)21-6-11(18)19/h1-5,7H,6H2,(H,18,19)/p-1. The number of nitrogens with zero attached hydrogens (tertiary/aromatic N) is 2. The first-order valence-corrected chi connectivity index (χ1v) is 8.62. The van der Waals surface area contributed by atoms with Crippen LogP contribution in [-0.4, -0.2) is 21.7 Å². The van der Waals surface area contributed by atoms with Crippen molar-refractivity contribution in [2.24, 2.45) is 0 Å². The molecule has 0 spiro atoms. The maximum atomic E-state index is 10.7. The molecule has 0 fully saturated rings. The highest BCUT2D eigenvalue weighted by atomic mass is 79.9. The van der Waals surface area contributed by atoms with Gasteiger partial charge in [0.1, 0.15) is 16.2 Å². The predicted octanol–water partition coefficient (Wildman–Crippen LogP) is 2.96. The minimum absolute atomic E-state index is 0.123. The van der Waals surface area contributed by atoms with Crippen LogP contribution in [0.2, 0.25) is 0 Å². The molecule has 3 aromatic rings. The normalized spacial score (nSPS) is 10.9. The lowest BCUT2D eigenvalue weighted by Gasteiger charge is -2.06. The van der Waals surface area contributed by atoms with Gasteiger partial charge in [0, 0.05) is 21.2 Å². The fourth-order valence-corrected chi connectivity index (χ4v) is 3.90. The Kier molecular flexibility index (Phi) is 4.23. The van der Waals surface area contributed by atoms with Crippen molar-refractivity contribution in [2.45, 2.75) is 5.03 Å². The molecular weight excluding hydrogens is 372 g/mol. The number of carbonyl (C=O) groups excluding carboxylic acids is 1. The van der Waals surface area contributed by atoms with Crippen LogP contribution >= 0.6 is 39.0 Å². The van der Waals surface area contributed by atoms with E-state index < -0.39 is 5.97 Å². The average molecular weight is 380 g/mol. The molecule has 0 aliphatic carbocycles. The van der Waals surface area contributed by atoms with Gasteiger partial charge in [-0.1, -0.05) is 39.8 Å². The fourth-order valence-electron chi connectivity index (χ4n) is 1.93. The topological polar surface area (TPSA) is 65.9 Å². The molecule has 0 radical (unpaired) electrons. The van der Waals surface area contributed by atoms with Crippen molar-refractivity contribution in [3.63, 3.8) is 0 Å². The minimum atomic E-state index is -1.10. The third-order valence-electron chi connectivity index (χ3n) is 2.82. The number of hydrogen-bond donors (Lipinski definition) is 0. The third kappa shape index (κ3) is 3.09. The van der Waals surface area contributed by atoms with Crippen LogP contribution in [0, 0.1) is 0 Å². The van der Waals surface area contributed by atoms with Gasteiger partial charge in [-0.25, -0.2) is 9.97 Å². The van der Waals surface area contributed by atoms with Gasteiger partial charge in [-0.3, -0.25) is 0 Å². The molecule has 1 aromatic carbocycles. The average Bonchev–Trinajstić information content (AvgIpc) is 2.90. The number of thiophene rings is 1. The molecule has 106 valence electrons. The quantitative estimate of drug-likeness (QED) is 0.514. The summed E-state index contributed by atoms with van der Waals surface area (Å²) in [6.45, 7) is 0. The van der Waals surface area contributed by atoms with E-state index in [9.17, 15) is 9.90 Å². The van der Waals surface area contributed by atoms with Gasteiger partial charge in [-0.05, 0) is 17.7 Å². The summed E-state index contributed by atoms with van der Waals surface area (Å²) in [5, 5.41) is 14.2. The summed E-state index contributed by atoms with van der Waals surface area (Å²) in [5.74, 6) is -1.23. The lowest BCUT2D eigenvalue weighted by molar-refractivity contribution is -0.301. The Morgan fingerprint density at radius 1 is 1.29 bits per heavy atom. The van der Waals surface area contributed by atoms with E-state index in [2.05, 4.69) is 25.9 Å². The van der Waals surface area contributed by atoms with E-state index >= 15 is 0 Å². The Bertz CT molecular complexity index is 802. The third-order valence-corrected chi connectivity index (χ3v) is 5.20. The maximum Gasteiger partial charge on any atom is 0.128 e. The van der Waals surface area contributed by atoms with Crippen LogP contribution in [-0.2, 0) is 4.79 Å². The number of hydrogen-bond acceptors (Lipinski definition) is 6. The van der Waals surface area contributed by atoms with Crippen LogP contribution in [0.1, 0.15) is 0 Å². The molecule has 4 nitrogen and oxygen atoms in total. The first kappa shape index (κ1) is 14.5. The van der Waals surface area contributed by atoms with Crippen LogP contribution in [0.4, 0.5) is 0 Å². The second kappa shape index (κ2) is 6.13. The number of benzene rings is 1. The Morgan fingerprint density at radius 2 is 2.05 bits per heavy atom. The molecule has 2 heterocycles. The zero-order valence-electron chi connectivity index (χ0n) is 10.6. The van der Waals surface area contributed by atoms with E-state index in [1.807, 2.05) is 29.6 Å². The SMILES string of the molecule is O=C([O-])CSc1ncnc2scc(-c3ccc(Br)cc3)c12. The van der Waals surface area contributed by atoms with Gasteiger partial charge in [0.2, 0.25) is 0 Å². The lowest BCUT2D eigenvalue weighted by Crippen LogP contribution is -2.24. The first-order chi connectivity index (χ1) is 10.1. The minimum Gasteiger partial charge on any atom is -0.549 e. The summed E-state index contributed by atoms with van der Waals surface area (Å²) in [6, 6.07) is 7.95. The Hall–Kier alpha value is -1.44. The highest BCUT2D eigenvalue weighted by Crippen LogP contribution is 2.37. The van der Waals surface area contributed by atoms with Crippen molar-refractivity contribution < 1.29 is 9.90 Å². The molecule has 0 bridgehead atoms.